The highest BCUT2D eigenvalue weighted by atomic mass is 16.4. The van der Waals surface area contributed by atoms with Gasteiger partial charge in [-0.05, 0) is 31.2 Å². The summed E-state index contributed by atoms with van der Waals surface area (Å²) in [7, 11) is 1.78. The van der Waals surface area contributed by atoms with Gasteiger partial charge in [0.05, 0.1) is 11.3 Å². The number of hydrogen-bond acceptors (Lipinski definition) is 2. The normalized spacial score (nSPS) is 10.5. The maximum absolute atomic E-state index is 11.7. The molecule has 0 radical (unpaired) electrons. The van der Waals surface area contributed by atoms with E-state index in [1.54, 1.807) is 23.9 Å². The van der Waals surface area contributed by atoms with Gasteiger partial charge in [-0.15, -0.1) is 0 Å². The summed E-state index contributed by atoms with van der Waals surface area (Å²) in [5, 5.41) is 8.79. The molecule has 0 aliphatic rings. The summed E-state index contributed by atoms with van der Waals surface area (Å²) < 4.78 is 3.21. The van der Waals surface area contributed by atoms with Crippen LogP contribution < -0.4 is 5.56 Å². The summed E-state index contributed by atoms with van der Waals surface area (Å²) in [6, 6.07) is 7.72. The lowest BCUT2D eigenvalue weighted by molar-refractivity contribution is 0.0697. The Bertz CT molecular complexity index is 620. The minimum atomic E-state index is -0.980. The number of nitrogens with zero attached hydrogens (tertiary/aromatic N) is 2. The third-order valence-corrected chi connectivity index (χ3v) is 2.71. The molecule has 0 aliphatic carbocycles. The van der Waals surface area contributed by atoms with E-state index in [-0.39, 0.29) is 11.1 Å². The van der Waals surface area contributed by atoms with Gasteiger partial charge in [0, 0.05) is 18.8 Å². The van der Waals surface area contributed by atoms with Gasteiger partial charge >= 0.3 is 5.97 Å². The molecule has 0 saturated carbocycles. The van der Waals surface area contributed by atoms with E-state index in [1.807, 2.05) is 6.92 Å². The first-order valence-corrected chi connectivity index (χ1v) is 5.10. The summed E-state index contributed by atoms with van der Waals surface area (Å²) in [4.78, 5) is 22.4. The Hall–Kier alpha value is -2.30. The first-order valence-electron chi connectivity index (χ1n) is 5.10. The molecule has 1 aromatic heterocycles. The maximum atomic E-state index is 11.7. The Balaban J connectivity index is 2.54. The molecule has 2 aromatic rings. The maximum Gasteiger partial charge on any atom is 0.335 e. The van der Waals surface area contributed by atoms with Crippen LogP contribution in [0.4, 0.5) is 0 Å². The molecule has 1 aromatic carbocycles. The Labute approximate surface area is 97.5 Å². The molecule has 0 amide bonds. The highest BCUT2D eigenvalue weighted by molar-refractivity contribution is 5.87. The largest absolute Gasteiger partial charge is 0.478 e. The monoisotopic (exact) mass is 232 g/mol. The van der Waals surface area contributed by atoms with Gasteiger partial charge in [-0.2, -0.15) is 0 Å². The van der Waals surface area contributed by atoms with Crippen molar-refractivity contribution in [1.29, 1.82) is 0 Å². The SMILES string of the molecule is Cc1cc(=O)n(-c2ccc(C(=O)O)cc2)n1C. The third kappa shape index (κ3) is 1.87. The topological polar surface area (TPSA) is 64.2 Å². The number of carboxylic acids is 1. The van der Waals surface area contributed by atoms with Crippen LogP contribution in [0.5, 0.6) is 0 Å². The number of aryl methyl sites for hydroxylation is 1. The molecular weight excluding hydrogens is 220 g/mol. The fourth-order valence-corrected chi connectivity index (χ4v) is 1.68. The molecule has 1 N–H and O–H groups in total. The highest BCUT2D eigenvalue weighted by Crippen LogP contribution is 2.09. The highest BCUT2D eigenvalue weighted by Gasteiger charge is 2.08. The van der Waals surface area contributed by atoms with Crippen molar-refractivity contribution < 1.29 is 9.90 Å². The lowest BCUT2D eigenvalue weighted by Gasteiger charge is -2.08. The number of carbonyl (C=O) groups is 1. The third-order valence-electron chi connectivity index (χ3n) is 2.71. The molecule has 0 fully saturated rings. The molecule has 0 aliphatic heterocycles. The van der Waals surface area contributed by atoms with Gasteiger partial charge in [0.2, 0.25) is 0 Å². The van der Waals surface area contributed by atoms with Crippen molar-refractivity contribution in [1.82, 2.24) is 9.36 Å². The smallest absolute Gasteiger partial charge is 0.335 e. The van der Waals surface area contributed by atoms with E-state index in [0.717, 1.165) is 5.69 Å². The fourth-order valence-electron chi connectivity index (χ4n) is 1.68. The van der Waals surface area contributed by atoms with Crippen LogP contribution in [-0.2, 0) is 7.05 Å². The lowest BCUT2D eigenvalue weighted by atomic mass is 10.2. The standard InChI is InChI=1S/C12H12N2O3/c1-8-7-11(15)14(13(8)2)10-5-3-9(4-6-10)12(16)17/h3-7H,1-2H3,(H,16,17). The number of aromatic nitrogens is 2. The van der Waals surface area contributed by atoms with Gasteiger partial charge in [0.25, 0.3) is 5.56 Å². The zero-order valence-electron chi connectivity index (χ0n) is 9.54. The summed E-state index contributed by atoms with van der Waals surface area (Å²) >= 11 is 0. The van der Waals surface area contributed by atoms with Crippen molar-refractivity contribution >= 4 is 5.97 Å². The van der Waals surface area contributed by atoms with E-state index >= 15 is 0 Å². The second kappa shape index (κ2) is 3.93. The van der Waals surface area contributed by atoms with Crippen molar-refractivity contribution in [3.05, 3.63) is 51.9 Å². The minimum absolute atomic E-state index is 0.131. The van der Waals surface area contributed by atoms with Crippen LogP contribution in [0.3, 0.4) is 0 Å². The number of carboxylic acid groups (broad SMARTS) is 1. The molecule has 2 rings (SSSR count). The number of aromatic carboxylic acids is 1. The summed E-state index contributed by atoms with van der Waals surface area (Å²) in [6.07, 6.45) is 0. The van der Waals surface area contributed by atoms with Gasteiger partial charge in [-0.1, -0.05) is 0 Å². The Morgan fingerprint density at radius 2 is 1.82 bits per heavy atom. The van der Waals surface area contributed by atoms with Crippen LogP contribution in [0.2, 0.25) is 0 Å². The molecule has 0 spiro atoms. The van der Waals surface area contributed by atoms with Crippen molar-refractivity contribution in [2.75, 3.05) is 0 Å². The number of hydrogen-bond donors (Lipinski definition) is 1. The average molecular weight is 232 g/mol. The number of benzene rings is 1. The number of rotatable bonds is 2. The Morgan fingerprint density at radius 1 is 1.24 bits per heavy atom. The van der Waals surface area contributed by atoms with Crippen LogP contribution in [0.1, 0.15) is 16.1 Å². The zero-order valence-corrected chi connectivity index (χ0v) is 9.54. The summed E-state index contributed by atoms with van der Waals surface area (Å²) in [5.74, 6) is -0.980. The molecule has 1 heterocycles. The molecule has 5 nitrogen and oxygen atoms in total. The van der Waals surface area contributed by atoms with Crippen LogP contribution in [-0.4, -0.2) is 20.4 Å². The van der Waals surface area contributed by atoms with Gasteiger partial charge in [0.1, 0.15) is 0 Å². The first kappa shape index (κ1) is 11.2. The van der Waals surface area contributed by atoms with Crippen molar-refractivity contribution in [3.8, 4) is 5.69 Å². The fraction of sp³-hybridized carbons (Fsp3) is 0.167. The molecule has 88 valence electrons. The molecule has 0 atom stereocenters. The van der Waals surface area contributed by atoms with E-state index in [0.29, 0.717) is 5.69 Å². The van der Waals surface area contributed by atoms with Crippen LogP contribution >= 0.6 is 0 Å². The second-order valence-electron chi connectivity index (χ2n) is 3.81. The van der Waals surface area contributed by atoms with E-state index in [2.05, 4.69) is 0 Å². The average Bonchev–Trinajstić information content (AvgIpc) is 2.53. The van der Waals surface area contributed by atoms with E-state index < -0.39 is 5.97 Å². The lowest BCUT2D eigenvalue weighted by Crippen LogP contribution is -2.19. The van der Waals surface area contributed by atoms with Gasteiger partial charge in [0.15, 0.2) is 0 Å². The van der Waals surface area contributed by atoms with Crippen LogP contribution in [0.15, 0.2) is 35.1 Å². The molecule has 0 bridgehead atoms. The predicted molar refractivity (Wildman–Crippen MR) is 62.7 cm³/mol. The Morgan fingerprint density at radius 3 is 2.24 bits per heavy atom. The molecular formula is C12H12N2O3. The molecule has 5 heteroatoms. The van der Waals surface area contributed by atoms with Gasteiger partial charge in [-0.3, -0.25) is 9.48 Å². The van der Waals surface area contributed by atoms with Crippen molar-refractivity contribution in [2.24, 2.45) is 7.05 Å². The van der Waals surface area contributed by atoms with E-state index in [9.17, 15) is 9.59 Å². The predicted octanol–water partition coefficient (Wildman–Crippen LogP) is 1.18. The van der Waals surface area contributed by atoms with E-state index in [4.69, 9.17) is 5.11 Å². The first-order chi connectivity index (χ1) is 8.00. The molecule has 0 unspecified atom stereocenters. The van der Waals surface area contributed by atoms with Crippen LogP contribution in [0.25, 0.3) is 5.69 Å². The van der Waals surface area contributed by atoms with Crippen LogP contribution in [0, 0.1) is 6.92 Å². The van der Waals surface area contributed by atoms with Gasteiger partial charge in [-0.25, -0.2) is 9.48 Å². The quantitative estimate of drug-likeness (QED) is 0.845. The molecule has 17 heavy (non-hydrogen) atoms. The van der Waals surface area contributed by atoms with Crippen molar-refractivity contribution in [2.45, 2.75) is 6.92 Å². The second-order valence-corrected chi connectivity index (χ2v) is 3.81. The summed E-state index contributed by atoms with van der Waals surface area (Å²) in [5.41, 5.74) is 1.56. The summed E-state index contributed by atoms with van der Waals surface area (Å²) in [6.45, 7) is 1.84. The van der Waals surface area contributed by atoms with Crippen molar-refractivity contribution in [3.63, 3.8) is 0 Å². The minimum Gasteiger partial charge on any atom is -0.478 e. The van der Waals surface area contributed by atoms with E-state index in [1.165, 1.54) is 22.9 Å². The van der Waals surface area contributed by atoms with Gasteiger partial charge < -0.3 is 5.11 Å². The molecule has 0 saturated heterocycles. The zero-order chi connectivity index (χ0) is 12.6. The Kier molecular flexibility index (Phi) is 2.59.